The molecule has 12 heteroatoms. The van der Waals surface area contributed by atoms with Gasteiger partial charge in [-0.2, -0.15) is 0 Å². The minimum absolute atomic E-state index is 0.0687. The summed E-state index contributed by atoms with van der Waals surface area (Å²) in [6.45, 7) is 5.16. The number of carbonyl (C=O) groups excluding carboxylic acids is 3. The van der Waals surface area contributed by atoms with E-state index in [4.69, 9.17) is 11.6 Å². The number of para-hydroxylation sites is 3. The van der Waals surface area contributed by atoms with Gasteiger partial charge in [0.05, 0.1) is 35.5 Å². The van der Waals surface area contributed by atoms with Gasteiger partial charge in [-0.25, -0.2) is 13.4 Å². The standard InChI is InChI=1S/C28H32ClN5O5S/c1-16-20(19-10-6-7-11-21(19)31-26(16)29)14-33-22-12-8-9-13-23(22)34(24(35)15-40(5,38)39)18(3)25(28(33)37)32-27(36)17(2)30-4/h6-13,17-18,25,30H,14-15H2,1-5H3,(H,32,36)/t17-,18-,25-/m0/s1. The van der Waals surface area contributed by atoms with E-state index in [-0.39, 0.29) is 6.54 Å². The van der Waals surface area contributed by atoms with E-state index < -0.39 is 51.4 Å². The number of nitrogens with one attached hydrogen (secondary N) is 2. The summed E-state index contributed by atoms with van der Waals surface area (Å²) < 4.78 is 24.2. The Kier molecular flexibility index (Phi) is 8.48. The second-order valence-electron chi connectivity index (χ2n) is 10.0. The average molecular weight is 586 g/mol. The lowest BCUT2D eigenvalue weighted by atomic mass is 10.0. The van der Waals surface area contributed by atoms with Crippen molar-refractivity contribution in [2.75, 3.05) is 28.9 Å². The van der Waals surface area contributed by atoms with E-state index in [0.29, 0.717) is 27.6 Å². The van der Waals surface area contributed by atoms with Crippen LogP contribution in [-0.2, 0) is 30.8 Å². The van der Waals surface area contributed by atoms with Crippen LogP contribution in [0.15, 0.2) is 48.5 Å². The first kappa shape index (κ1) is 29.4. The van der Waals surface area contributed by atoms with Gasteiger partial charge < -0.3 is 20.4 Å². The number of benzene rings is 2. The zero-order valence-corrected chi connectivity index (χ0v) is 24.5. The van der Waals surface area contributed by atoms with Crippen molar-refractivity contribution in [3.05, 3.63) is 64.8 Å². The van der Waals surface area contributed by atoms with Crippen LogP contribution in [0, 0.1) is 6.92 Å². The number of fused-ring (bicyclic) bond motifs is 2. The monoisotopic (exact) mass is 585 g/mol. The molecule has 3 atom stereocenters. The first-order valence-electron chi connectivity index (χ1n) is 12.8. The van der Waals surface area contributed by atoms with Gasteiger partial charge in [0.1, 0.15) is 16.9 Å². The zero-order valence-electron chi connectivity index (χ0n) is 22.9. The molecule has 10 nitrogen and oxygen atoms in total. The van der Waals surface area contributed by atoms with Gasteiger partial charge in [-0.1, -0.05) is 41.9 Å². The van der Waals surface area contributed by atoms with E-state index in [2.05, 4.69) is 15.6 Å². The Balaban J connectivity index is 1.92. The number of likely N-dealkylation sites (N-methyl/N-ethyl adjacent to an activating group) is 1. The molecular weight excluding hydrogens is 554 g/mol. The summed E-state index contributed by atoms with van der Waals surface area (Å²) in [5, 5.41) is 6.75. The van der Waals surface area contributed by atoms with Crippen molar-refractivity contribution in [1.29, 1.82) is 0 Å². The molecule has 0 saturated carbocycles. The number of anilines is 2. The molecule has 0 spiro atoms. The SMILES string of the molecule is CN[C@@H](C)C(=O)N[C@@H]1C(=O)N(Cc2c(C)c(Cl)nc3ccccc23)c2ccccc2N(C(=O)CS(C)(=O)=O)[C@H]1C. The summed E-state index contributed by atoms with van der Waals surface area (Å²) in [4.78, 5) is 48.1. The third kappa shape index (κ3) is 5.81. The molecule has 0 fully saturated rings. The van der Waals surface area contributed by atoms with E-state index in [9.17, 15) is 22.8 Å². The van der Waals surface area contributed by atoms with E-state index in [1.54, 1.807) is 45.2 Å². The Morgan fingerprint density at radius 1 is 1.10 bits per heavy atom. The van der Waals surface area contributed by atoms with Crippen LogP contribution in [0.4, 0.5) is 11.4 Å². The molecule has 3 amide bonds. The second kappa shape index (κ2) is 11.5. The maximum atomic E-state index is 14.3. The third-order valence-electron chi connectivity index (χ3n) is 7.16. The van der Waals surface area contributed by atoms with Crippen LogP contribution in [-0.4, -0.2) is 68.3 Å². The fourth-order valence-corrected chi connectivity index (χ4v) is 5.66. The molecular formula is C28H32ClN5O5S. The number of amides is 3. The van der Waals surface area contributed by atoms with E-state index in [0.717, 1.165) is 17.2 Å². The van der Waals surface area contributed by atoms with Crippen LogP contribution in [0.1, 0.15) is 25.0 Å². The van der Waals surface area contributed by atoms with Gasteiger partial charge in [-0.15, -0.1) is 0 Å². The van der Waals surface area contributed by atoms with Gasteiger partial charge in [0.15, 0.2) is 9.84 Å². The largest absolute Gasteiger partial charge is 0.341 e. The number of hydrogen-bond donors (Lipinski definition) is 2. The number of halogens is 1. The van der Waals surface area contributed by atoms with Gasteiger partial charge in [-0.05, 0) is 57.1 Å². The highest BCUT2D eigenvalue weighted by Gasteiger charge is 2.43. The lowest BCUT2D eigenvalue weighted by molar-refractivity contribution is -0.129. The number of carbonyl (C=O) groups is 3. The van der Waals surface area contributed by atoms with Crippen LogP contribution >= 0.6 is 11.6 Å². The summed E-state index contributed by atoms with van der Waals surface area (Å²) >= 11 is 6.49. The highest BCUT2D eigenvalue weighted by Crippen LogP contribution is 2.38. The van der Waals surface area contributed by atoms with Crippen molar-refractivity contribution in [2.45, 2.75) is 45.4 Å². The van der Waals surface area contributed by atoms with Crippen molar-refractivity contribution in [2.24, 2.45) is 0 Å². The Morgan fingerprint density at radius 2 is 1.73 bits per heavy atom. The molecule has 40 heavy (non-hydrogen) atoms. The topological polar surface area (TPSA) is 129 Å². The molecule has 4 rings (SSSR count). The quantitative estimate of drug-likeness (QED) is 0.408. The molecule has 0 saturated heterocycles. The first-order valence-corrected chi connectivity index (χ1v) is 15.2. The Hall–Kier alpha value is -3.54. The molecule has 2 N–H and O–H groups in total. The predicted octanol–water partition coefficient (Wildman–Crippen LogP) is 2.60. The van der Waals surface area contributed by atoms with Gasteiger partial charge in [0.25, 0.3) is 5.91 Å². The highest BCUT2D eigenvalue weighted by atomic mass is 35.5. The van der Waals surface area contributed by atoms with Crippen LogP contribution in [0.3, 0.4) is 0 Å². The lowest BCUT2D eigenvalue weighted by Gasteiger charge is -2.32. The van der Waals surface area contributed by atoms with Gasteiger partial charge in [0, 0.05) is 11.6 Å². The van der Waals surface area contributed by atoms with Crippen LogP contribution in [0.5, 0.6) is 0 Å². The molecule has 1 aliphatic rings. The molecule has 2 aromatic carbocycles. The molecule has 0 aliphatic carbocycles. The molecule has 2 heterocycles. The smallest absolute Gasteiger partial charge is 0.252 e. The summed E-state index contributed by atoms with van der Waals surface area (Å²) in [6, 6.07) is 11.5. The fraction of sp³-hybridized carbons (Fsp3) is 0.357. The molecule has 0 radical (unpaired) electrons. The van der Waals surface area contributed by atoms with Crippen molar-refractivity contribution >= 4 is 61.4 Å². The maximum absolute atomic E-state index is 14.3. The van der Waals surface area contributed by atoms with Crippen LogP contribution in [0.25, 0.3) is 10.9 Å². The fourth-order valence-electron chi connectivity index (χ4n) is 4.87. The van der Waals surface area contributed by atoms with Gasteiger partial charge in [-0.3, -0.25) is 14.4 Å². The van der Waals surface area contributed by atoms with E-state index in [1.807, 2.05) is 31.2 Å². The second-order valence-corrected chi connectivity index (χ2v) is 12.5. The molecule has 0 bridgehead atoms. The van der Waals surface area contributed by atoms with Crippen molar-refractivity contribution in [3.63, 3.8) is 0 Å². The third-order valence-corrected chi connectivity index (χ3v) is 8.30. The summed E-state index contributed by atoms with van der Waals surface area (Å²) in [6.07, 6.45) is 0.978. The van der Waals surface area contributed by atoms with E-state index >= 15 is 0 Å². The normalized spacial score (nSPS) is 18.3. The van der Waals surface area contributed by atoms with Crippen molar-refractivity contribution < 1.29 is 22.8 Å². The summed E-state index contributed by atoms with van der Waals surface area (Å²) in [5.41, 5.74) is 2.87. The minimum Gasteiger partial charge on any atom is -0.341 e. The highest BCUT2D eigenvalue weighted by molar-refractivity contribution is 7.91. The van der Waals surface area contributed by atoms with Crippen LogP contribution in [0.2, 0.25) is 5.15 Å². The number of rotatable bonds is 7. The molecule has 3 aromatic rings. The maximum Gasteiger partial charge on any atom is 0.252 e. The van der Waals surface area contributed by atoms with Gasteiger partial charge in [0.2, 0.25) is 11.8 Å². The zero-order chi connectivity index (χ0) is 29.4. The molecule has 0 unspecified atom stereocenters. The Labute approximate surface area is 238 Å². The predicted molar refractivity (Wildman–Crippen MR) is 156 cm³/mol. The Morgan fingerprint density at radius 3 is 2.38 bits per heavy atom. The Bertz CT molecular complexity index is 1600. The molecule has 1 aliphatic heterocycles. The summed E-state index contributed by atoms with van der Waals surface area (Å²) in [7, 11) is -2.07. The number of sulfone groups is 1. The molecule has 1 aromatic heterocycles. The van der Waals surface area contributed by atoms with Crippen molar-refractivity contribution in [1.82, 2.24) is 15.6 Å². The number of aromatic nitrogens is 1. The number of hydrogen-bond acceptors (Lipinski definition) is 7. The average Bonchev–Trinajstić information content (AvgIpc) is 2.98. The van der Waals surface area contributed by atoms with E-state index in [1.165, 1.54) is 9.80 Å². The molecule has 212 valence electrons. The number of pyridine rings is 1. The summed E-state index contributed by atoms with van der Waals surface area (Å²) in [5.74, 6) is -2.35. The minimum atomic E-state index is -3.69. The first-order chi connectivity index (χ1) is 18.8. The lowest BCUT2D eigenvalue weighted by Crippen LogP contribution is -2.60. The number of nitrogens with zero attached hydrogens (tertiary/aromatic N) is 3. The van der Waals surface area contributed by atoms with Crippen LogP contribution < -0.4 is 20.4 Å². The van der Waals surface area contributed by atoms with Crippen molar-refractivity contribution in [3.8, 4) is 0 Å². The van der Waals surface area contributed by atoms with Gasteiger partial charge >= 0.3 is 0 Å².